The molecule has 1 spiro atoms. The smallest absolute Gasteiger partial charge is 0.229 e. The minimum absolute atomic E-state index is 0.0980. The molecule has 0 aromatic heterocycles. The van der Waals surface area contributed by atoms with Gasteiger partial charge in [-0.15, -0.1) is 0 Å². The quantitative estimate of drug-likeness (QED) is 0.438. The first-order valence-corrected chi connectivity index (χ1v) is 10.9. The zero-order chi connectivity index (χ0) is 17.2. The third-order valence-corrected chi connectivity index (χ3v) is 8.94. The Morgan fingerprint density at radius 1 is 1.31 bits per heavy atom. The van der Waals surface area contributed by atoms with Gasteiger partial charge >= 0.3 is 0 Å². The Balaban J connectivity index is 1.55. The van der Waals surface area contributed by atoms with Crippen LogP contribution in [-0.4, -0.2) is 48.7 Å². The third-order valence-electron chi connectivity index (χ3n) is 8.27. The number of nitrogens with zero attached hydrogens (tertiary/aromatic N) is 2. The Labute approximate surface area is 166 Å². The summed E-state index contributed by atoms with van der Waals surface area (Å²) in [6, 6.07) is 7.63. The van der Waals surface area contributed by atoms with Gasteiger partial charge in [-0.25, -0.2) is 0 Å². The van der Waals surface area contributed by atoms with Crippen molar-refractivity contribution < 1.29 is 9.53 Å². The first kappa shape index (κ1) is 15.1. The lowest BCUT2D eigenvalue weighted by molar-refractivity contribution is -0.132. The van der Waals surface area contributed by atoms with Crippen molar-refractivity contribution in [3.8, 4) is 0 Å². The fraction of sp³-hybridized carbons (Fsp3) is 0.571. The molecule has 1 aromatic rings. The second kappa shape index (κ2) is 4.73. The number of benzene rings is 1. The molecule has 1 saturated carbocycles. The zero-order valence-corrected chi connectivity index (χ0v) is 16.7. The number of ether oxygens (including phenoxy) is 1. The number of piperidine rings is 2. The third kappa shape index (κ3) is 1.52. The standard InChI is InChI=1S/C21H21IN2O2/c22-12-1-2-15-14(7-12)21-4-5-23-10-11-3-6-26-16-9-18(25)24(15)20(21)19(16)13(11)8-17(21)23/h1-3,7,13,16-17,19-20H,4-6,8-10H2/t13-,16-,17?,19?,20?,21+/m0/s1/i22+4. The molecule has 134 valence electrons. The summed E-state index contributed by atoms with van der Waals surface area (Å²) in [6.07, 6.45) is 5.42. The number of halogens is 1. The van der Waals surface area contributed by atoms with Gasteiger partial charge in [0.15, 0.2) is 0 Å². The Hall–Kier alpha value is -0.920. The second-order valence-electron chi connectivity index (χ2n) is 8.92. The number of fused-ring (bicyclic) bond motifs is 2. The lowest BCUT2D eigenvalue weighted by atomic mass is 9.53. The molecule has 3 unspecified atom stereocenters. The van der Waals surface area contributed by atoms with Crippen LogP contribution in [0.5, 0.6) is 0 Å². The molecule has 5 aliphatic heterocycles. The van der Waals surface area contributed by atoms with E-state index in [1.54, 1.807) is 5.57 Å². The maximum Gasteiger partial charge on any atom is 0.229 e. The molecule has 4 nitrogen and oxygen atoms in total. The minimum atomic E-state index is 0.0980. The van der Waals surface area contributed by atoms with Crippen LogP contribution in [0.15, 0.2) is 29.8 Å². The molecule has 26 heavy (non-hydrogen) atoms. The molecule has 6 atom stereocenters. The molecule has 1 amide bonds. The summed E-state index contributed by atoms with van der Waals surface area (Å²) in [4.78, 5) is 18.2. The number of hydrogen-bond donors (Lipinski definition) is 0. The fourth-order valence-electron chi connectivity index (χ4n) is 7.52. The number of rotatable bonds is 0. The molecule has 1 aromatic carbocycles. The van der Waals surface area contributed by atoms with Crippen LogP contribution >= 0.6 is 22.6 Å². The highest BCUT2D eigenvalue weighted by atomic mass is 131. The molecule has 0 radical (unpaired) electrons. The van der Waals surface area contributed by atoms with Crippen LogP contribution in [-0.2, 0) is 14.9 Å². The molecule has 7 rings (SSSR count). The van der Waals surface area contributed by atoms with Gasteiger partial charge in [-0.1, -0.05) is 11.6 Å². The van der Waals surface area contributed by atoms with Gasteiger partial charge in [-0.2, -0.15) is 0 Å². The summed E-state index contributed by atoms with van der Waals surface area (Å²) in [5.74, 6) is 1.34. The monoisotopic (exact) mass is 464 g/mol. The van der Waals surface area contributed by atoms with E-state index in [0.29, 0.717) is 30.9 Å². The van der Waals surface area contributed by atoms with Gasteiger partial charge in [0.05, 0.1) is 25.2 Å². The van der Waals surface area contributed by atoms with Crippen molar-refractivity contribution in [2.45, 2.75) is 42.9 Å². The summed E-state index contributed by atoms with van der Waals surface area (Å²) in [6.45, 7) is 2.96. The largest absolute Gasteiger partial charge is 0.373 e. The number of hydrogen-bond acceptors (Lipinski definition) is 3. The lowest BCUT2D eigenvalue weighted by Gasteiger charge is -2.58. The normalized spacial score (nSPS) is 44.7. The summed E-state index contributed by atoms with van der Waals surface area (Å²) < 4.78 is 7.56. The summed E-state index contributed by atoms with van der Waals surface area (Å²) in [5.41, 5.74) is 4.35. The van der Waals surface area contributed by atoms with Crippen LogP contribution in [0.3, 0.4) is 0 Å². The summed E-state index contributed by atoms with van der Waals surface area (Å²) in [7, 11) is 0. The summed E-state index contributed by atoms with van der Waals surface area (Å²) in [5, 5.41) is 0. The Morgan fingerprint density at radius 2 is 2.23 bits per heavy atom. The molecular formula is C21H21IN2O2. The van der Waals surface area contributed by atoms with Crippen molar-refractivity contribution in [2.75, 3.05) is 24.6 Å². The topological polar surface area (TPSA) is 32.8 Å². The Kier molecular flexibility index (Phi) is 2.74. The van der Waals surface area contributed by atoms with E-state index in [0.717, 1.165) is 13.1 Å². The van der Waals surface area contributed by atoms with Gasteiger partial charge in [-0.05, 0) is 71.7 Å². The van der Waals surface area contributed by atoms with Crippen LogP contribution < -0.4 is 4.90 Å². The molecule has 2 bridgehead atoms. The van der Waals surface area contributed by atoms with E-state index < -0.39 is 0 Å². The van der Waals surface area contributed by atoms with Gasteiger partial charge < -0.3 is 9.64 Å². The van der Waals surface area contributed by atoms with Gasteiger partial charge in [0.2, 0.25) is 5.91 Å². The highest BCUT2D eigenvalue weighted by molar-refractivity contribution is 14.1. The Morgan fingerprint density at radius 3 is 3.15 bits per heavy atom. The first-order valence-electron chi connectivity index (χ1n) is 9.85. The lowest BCUT2D eigenvalue weighted by Crippen LogP contribution is -2.69. The van der Waals surface area contributed by atoms with Crippen LogP contribution in [0, 0.1) is 15.4 Å². The van der Waals surface area contributed by atoms with Crippen LogP contribution in [0.1, 0.15) is 24.8 Å². The maximum absolute atomic E-state index is 13.3. The van der Waals surface area contributed by atoms with Crippen LogP contribution in [0.25, 0.3) is 0 Å². The van der Waals surface area contributed by atoms with Crippen LogP contribution in [0.4, 0.5) is 5.69 Å². The van der Waals surface area contributed by atoms with Gasteiger partial charge in [0, 0.05) is 33.2 Å². The second-order valence-corrected chi connectivity index (χ2v) is 10.2. The van der Waals surface area contributed by atoms with E-state index in [4.69, 9.17) is 4.74 Å². The molecule has 4 fully saturated rings. The molecule has 3 saturated heterocycles. The van der Waals surface area contributed by atoms with Gasteiger partial charge in [0.25, 0.3) is 0 Å². The zero-order valence-electron chi connectivity index (χ0n) is 14.5. The van der Waals surface area contributed by atoms with E-state index in [2.05, 4.69) is 56.7 Å². The van der Waals surface area contributed by atoms with Crippen molar-refractivity contribution in [1.82, 2.24) is 4.90 Å². The average molecular weight is 464 g/mol. The van der Waals surface area contributed by atoms with Crippen molar-refractivity contribution in [1.29, 1.82) is 0 Å². The van der Waals surface area contributed by atoms with E-state index in [1.165, 1.54) is 27.7 Å². The molecule has 0 N–H and O–H groups in total. The predicted octanol–water partition coefficient (Wildman–Crippen LogP) is 2.70. The molecule has 1 aliphatic carbocycles. The Bertz CT molecular complexity index is 898. The van der Waals surface area contributed by atoms with E-state index >= 15 is 0 Å². The SMILES string of the molecule is O=C1C[C@@H]2OCC=C3CN4CC[C@]56c7cc([131I])ccc7N1C5C2[C@H]3CC46. The van der Waals surface area contributed by atoms with Crippen LogP contribution in [0.2, 0.25) is 0 Å². The molecular weight excluding hydrogens is 443 g/mol. The summed E-state index contributed by atoms with van der Waals surface area (Å²) >= 11 is 2.43. The van der Waals surface area contributed by atoms with Crippen molar-refractivity contribution in [2.24, 2.45) is 11.8 Å². The van der Waals surface area contributed by atoms with Gasteiger partial charge in [-0.3, -0.25) is 9.69 Å². The van der Waals surface area contributed by atoms with Gasteiger partial charge in [0.1, 0.15) is 0 Å². The first-order chi connectivity index (χ1) is 12.7. The fourth-order valence-corrected chi connectivity index (χ4v) is 8.01. The van der Waals surface area contributed by atoms with E-state index in [1.807, 2.05) is 0 Å². The number of amides is 1. The van der Waals surface area contributed by atoms with E-state index in [9.17, 15) is 4.79 Å². The average Bonchev–Trinajstić information content (AvgIpc) is 3.09. The predicted molar refractivity (Wildman–Crippen MR) is 106 cm³/mol. The van der Waals surface area contributed by atoms with Crippen molar-refractivity contribution in [3.63, 3.8) is 0 Å². The number of carbonyl (C=O) groups is 1. The molecule has 5 heteroatoms. The van der Waals surface area contributed by atoms with E-state index in [-0.39, 0.29) is 23.5 Å². The highest BCUT2D eigenvalue weighted by Gasteiger charge is 2.70. The maximum atomic E-state index is 13.3. The minimum Gasteiger partial charge on any atom is -0.373 e. The molecule has 5 heterocycles. The van der Waals surface area contributed by atoms with Crippen molar-refractivity contribution >= 4 is 34.2 Å². The highest BCUT2D eigenvalue weighted by Crippen LogP contribution is 2.65. The number of anilines is 1. The number of carbonyl (C=O) groups excluding carboxylic acids is 1. The molecule has 6 aliphatic rings. The van der Waals surface area contributed by atoms with Crippen molar-refractivity contribution in [3.05, 3.63) is 39.0 Å².